The van der Waals surface area contributed by atoms with E-state index in [1.54, 1.807) is 0 Å². The average molecular weight is 269 g/mol. The molecule has 0 heterocycles. The number of ether oxygens (including phenoxy) is 2. The largest absolute Gasteiger partial charge is 0.353 e. The highest BCUT2D eigenvalue weighted by Crippen LogP contribution is 2.48. The van der Waals surface area contributed by atoms with Gasteiger partial charge < -0.3 is 14.4 Å². The highest BCUT2D eigenvalue weighted by molar-refractivity contribution is 4.90. The Labute approximate surface area is 118 Å². The summed E-state index contributed by atoms with van der Waals surface area (Å²) in [5, 5.41) is 0. The Morgan fingerprint density at radius 1 is 1.11 bits per heavy atom. The molecule has 0 aromatic heterocycles. The van der Waals surface area contributed by atoms with Crippen molar-refractivity contribution >= 4 is 0 Å². The molecular formula is C16H31NO2. The minimum absolute atomic E-state index is 0.0162. The Kier molecular flexibility index (Phi) is 6.11. The third-order valence-electron chi connectivity index (χ3n) is 4.88. The van der Waals surface area contributed by atoms with Gasteiger partial charge in [-0.1, -0.05) is 6.42 Å². The number of nitrogens with zero attached hydrogens (tertiary/aromatic N) is 1. The van der Waals surface area contributed by atoms with Crippen LogP contribution >= 0.6 is 0 Å². The Morgan fingerprint density at radius 3 is 2.37 bits per heavy atom. The zero-order valence-corrected chi connectivity index (χ0v) is 12.9. The molecule has 19 heavy (non-hydrogen) atoms. The molecule has 112 valence electrons. The van der Waals surface area contributed by atoms with Crippen molar-refractivity contribution in [3.63, 3.8) is 0 Å². The lowest BCUT2D eigenvalue weighted by atomic mass is 9.88. The van der Waals surface area contributed by atoms with Crippen LogP contribution in [0.15, 0.2) is 0 Å². The van der Waals surface area contributed by atoms with Crippen molar-refractivity contribution in [2.24, 2.45) is 17.8 Å². The first kappa shape index (κ1) is 15.3. The molecular weight excluding hydrogens is 238 g/mol. The maximum absolute atomic E-state index is 5.60. The average Bonchev–Trinajstić information content (AvgIpc) is 2.99. The summed E-state index contributed by atoms with van der Waals surface area (Å²) in [6, 6.07) is 0. The lowest BCUT2D eigenvalue weighted by molar-refractivity contribution is -0.141. The zero-order valence-electron chi connectivity index (χ0n) is 12.9. The lowest BCUT2D eigenvalue weighted by Gasteiger charge is -2.28. The molecule has 0 radical (unpaired) electrons. The summed E-state index contributed by atoms with van der Waals surface area (Å²) in [6.07, 6.45) is 6.95. The third-order valence-corrected chi connectivity index (χ3v) is 4.88. The highest BCUT2D eigenvalue weighted by Gasteiger charge is 2.39. The first-order valence-corrected chi connectivity index (χ1v) is 8.14. The van der Waals surface area contributed by atoms with Crippen LogP contribution in [0.1, 0.15) is 46.0 Å². The third kappa shape index (κ3) is 4.44. The second kappa shape index (κ2) is 7.61. The monoisotopic (exact) mass is 269 g/mol. The summed E-state index contributed by atoms with van der Waals surface area (Å²) in [7, 11) is 2.25. The van der Waals surface area contributed by atoms with E-state index in [9.17, 15) is 0 Å². The minimum Gasteiger partial charge on any atom is -0.353 e. The van der Waals surface area contributed by atoms with E-state index in [-0.39, 0.29) is 6.29 Å². The summed E-state index contributed by atoms with van der Waals surface area (Å²) >= 11 is 0. The molecule has 3 heteroatoms. The summed E-state index contributed by atoms with van der Waals surface area (Å²) in [5.74, 6) is 3.05. The van der Waals surface area contributed by atoms with E-state index in [1.165, 1.54) is 32.2 Å². The quantitative estimate of drug-likeness (QED) is 0.600. The molecule has 0 saturated heterocycles. The van der Waals surface area contributed by atoms with Crippen molar-refractivity contribution in [1.82, 2.24) is 4.90 Å². The van der Waals surface area contributed by atoms with Crippen molar-refractivity contribution in [3.8, 4) is 0 Å². The molecule has 2 aliphatic rings. The first-order chi connectivity index (χ1) is 9.22. The molecule has 0 aromatic rings. The minimum atomic E-state index is -0.0162. The van der Waals surface area contributed by atoms with Crippen LogP contribution in [0.5, 0.6) is 0 Å². The van der Waals surface area contributed by atoms with Crippen molar-refractivity contribution < 1.29 is 9.47 Å². The predicted molar refractivity (Wildman–Crippen MR) is 78.1 cm³/mol. The normalized spacial score (nSPS) is 29.8. The Balaban J connectivity index is 1.64. The summed E-state index contributed by atoms with van der Waals surface area (Å²) in [4.78, 5) is 2.48. The Bertz CT molecular complexity index is 253. The van der Waals surface area contributed by atoms with Crippen molar-refractivity contribution in [3.05, 3.63) is 0 Å². The first-order valence-electron chi connectivity index (χ1n) is 8.14. The molecule has 2 fully saturated rings. The van der Waals surface area contributed by atoms with Gasteiger partial charge in [-0.25, -0.2) is 0 Å². The number of rotatable bonds is 9. The van der Waals surface area contributed by atoms with Gasteiger partial charge in [0.2, 0.25) is 0 Å². The topological polar surface area (TPSA) is 21.7 Å². The van der Waals surface area contributed by atoms with E-state index < -0.39 is 0 Å². The van der Waals surface area contributed by atoms with Crippen LogP contribution in [-0.4, -0.2) is 44.5 Å². The molecule has 3 atom stereocenters. The zero-order chi connectivity index (χ0) is 13.7. The smallest absolute Gasteiger partial charge is 0.158 e. The van der Waals surface area contributed by atoms with E-state index in [0.29, 0.717) is 0 Å². The lowest BCUT2D eigenvalue weighted by Crippen LogP contribution is -2.32. The van der Waals surface area contributed by atoms with Crippen LogP contribution in [-0.2, 0) is 9.47 Å². The van der Waals surface area contributed by atoms with E-state index in [1.807, 2.05) is 13.8 Å². The Hall–Kier alpha value is -0.120. The summed E-state index contributed by atoms with van der Waals surface area (Å²) in [5.41, 5.74) is 0. The fourth-order valence-electron chi connectivity index (χ4n) is 4.00. The molecule has 2 rings (SSSR count). The van der Waals surface area contributed by atoms with Crippen LogP contribution in [0.2, 0.25) is 0 Å². The second-order valence-corrected chi connectivity index (χ2v) is 6.33. The van der Waals surface area contributed by atoms with Crippen LogP contribution in [0.4, 0.5) is 0 Å². The SMILES string of the molecule is CCOC(CCN(C)CC1CC2CCC1C2)OCC. The highest BCUT2D eigenvalue weighted by atomic mass is 16.7. The van der Waals surface area contributed by atoms with E-state index in [4.69, 9.17) is 9.47 Å². The van der Waals surface area contributed by atoms with Crippen LogP contribution in [0, 0.1) is 17.8 Å². The van der Waals surface area contributed by atoms with Gasteiger partial charge in [0, 0.05) is 32.7 Å². The van der Waals surface area contributed by atoms with Gasteiger partial charge in [-0.15, -0.1) is 0 Å². The van der Waals surface area contributed by atoms with Gasteiger partial charge in [-0.3, -0.25) is 0 Å². The van der Waals surface area contributed by atoms with E-state index in [2.05, 4.69) is 11.9 Å². The molecule has 0 amide bonds. The molecule has 2 saturated carbocycles. The molecule has 2 bridgehead atoms. The molecule has 0 N–H and O–H groups in total. The number of hydrogen-bond donors (Lipinski definition) is 0. The van der Waals surface area contributed by atoms with Crippen molar-refractivity contribution in [2.45, 2.75) is 52.2 Å². The van der Waals surface area contributed by atoms with Gasteiger partial charge in [-0.05, 0) is 57.9 Å². The number of hydrogen-bond acceptors (Lipinski definition) is 3. The van der Waals surface area contributed by atoms with Crippen LogP contribution in [0.25, 0.3) is 0 Å². The van der Waals surface area contributed by atoms with Gasteiger partial charge in [0.05, 0.1) is 0 Å². The van der Waals surface area contributed by atoms with Gasteiger partial charge >= 0.3 is 0 Å². The van der Waals surface area contributed by atoms with Gasteiger partial charge in [0.25, 0.3) is 0 Å². The van der Waals surface area contributed by atoms with Crippen molar-refractivity contribution in [2.75, 3.05) is 33.4 Å². The standard InChI is InChI=1S/C16H31NO2/c1-4-18-16(19-5-2)8-9-17(3)12-15-11-13-6-7-14(15)10-13/h13-16H,4-12H2,1-3H3. The van der Waals surface area contributed by atoms with Gasteiger partial charge in [0.1, 0.15) is 0 Å². The second-order valence-electron chi connectivity index (χ2n) is 6.33. The fourth-order valence-corrected chi connectivity index (χ4v) is 4.00. The molecule has 2 aliphatic carbocycles. The van der Waals surface area contributed by atoms with Crippen molar-refractivity contribution in [1.29, 1.82) is 0 Å². The van der Waals surface area contributed by atoms with Gasteiger partial charge in [-0.2, -0.15) is 0 Å². The molecule has 0 aromatic carbocycles. The predicted octanol–water partition coefficient (Wildman–Crippen LogP) is 3.14. The van der Waals surface area contributed by atoms with Crippen LogP contribution < -0.4 is 0 Å². The molecule has 3 unspecified atom stereocenters. The summed E-state index contributed by atoms with van der Waals surface area (Å²) < 4.78 is 11.2. The van der Waals surface area contributed by atoms with E-state index >= 15 is 0 Å². The molecule has 3 nitrogen and oxygen atoms in total. The number of fused-ring (bicyclic) bond motifs is 2. The molecule has 0 spiro atoms. The summed E-state index contributed by atoms with van der Waals surface area (Å²) in [6.45, 7) is 7.89. The van der Waals surface area contributed by atoms with Gasteiger partial charge in [0.15, 0.2) is 6.29 Å². The van der Waals surface area contributed by atoms with Crippen LogP contribution in [0.3, 0.4) is 0 Å². The fraction of sp³-hybridized carbons (Fsp3) is 1.00. The Morgan fingerprint density at radius 2 is 1.84 bits per heavy atom. The van der Waals surface area contributed by atoms with E-state index in [0.717, 1.165) is 43.9 Å². The maximum atomic E-state index is 5.60. The maximum Gasteiger partial charge on any atom is 0.158 e. The molecule has 0 aliphatic heterocycles.